The van der Waals surface area contributed by atoms with Crippen LogP contribution in [0.4, 0.5) is 5.69 Å². The normalized spacial score (nSPS) is 21.4. The Morgan fingerprint density at radius 3 is 3.00 bits per heavy atom. The lowest BCUT2D eigenvalue weighted by molar-refractivity contribution is -0.117. The summed E-state index contributed by atoms with van der Waals surface area (Å²) < 4.78 is 1.88. The number of likely N-dealkylation sites (tertiary alicyclic amines) is 1. The van der Waals surface area contributed by atoms with E-state index in [1.165, 1.54) is 0 Å². The second kappa shape index (κ2) is 5.53. The SMILES string of the molecule is O=C(c1ccn[nH]1)N1CCC(n2cc(N3CCCC3=O)cn2)C1. The van der Waals surface area contributed by atoms with E-state index in [2.05, 4.69) is 15.3 Å². The Labute approximate surface area is 133 Å². The molecule has 2 aromatic heterocycles. The van der Waals surface area contributed by atoms with Gasteiger partial charge in [0.15, 0.2) is 0 Å². The molecule has 2 amide bonds. The summed E-state index contributed by atoms with van der Waals surface area (Å²) >= 11 is 0. The Balaban J connectivity index is 1.45. The average molecular weight is 314 g/mol. The molecule has 0 spiro atoms. The molecule has 8 heteroatoms. The number of rotatable bonds is 3. The zero-order valence-electron chi connectivity index (χ0n) is 12.7. The molecule has 2 aliphatic rings. The Kier molecular flexibility index (Phi) is 3.36. The number of aromatic nitrogens is 4. The van der Waals surface area contributed by atoms with Gasteiger partial charge < -0.3 is 9.80 Å². The van der Waals surface area contributed by atoms with E-state index in [4.69, 9.17) is 0 Å². The van der Waals surface area contributed by atoms with E-state index in [0.717, 1.165) is 25.1 Å². The van der Waals surface area contributed by atoms with Crippen LogP contribution in [0.3, 0.4) is 0 Å². The van der Waals surface area contributed by atoms with Gasteiger partial charge in [-0.2, -0.15) is 10.2 Å². The van der Waals surface area contributed by atoms with E-state index < -0.39 is 0 Å². The number of hydrogen-bond donors (Lipinski definition) is 1. The highest BCUT2D eigenvalue weighted by Gasteiger charge is 2.30. The number of nitrogens with one attached hydrogen (secondary N) is 1. The highest BCUT2D eigenvalue weighted by molar-refractivity contribution is 5.95. The van der Waals surface area contributed by atoms with Crippen LogP contribution in [-0.4, -0.2) is 56.3 Å². The number of hydrogen-bond acceptors (Lipinski definition) is 4. The predicted molar refractivity (Wildman–Crippen MR) is 82.0 cm³/mol. The summed E-state index contributed by atoms with van der Waals surface area (Å²) in [5.41, 5.74) is 1.36. The van der Waals surface area contributed by atoms with Crippen molar-refractivity contribution in [2.24, 2.45) is 0 Å². The minimum atomic E-state index is -0.0351. The molecule has 0 aromatic carbocycles. The zero-order chi connectivity index (χ0) is 15.8. The highest BCUT2D eigenvalue weighted by atomic mass is 16.2. The van der Waals surface area contributed by atoms with Crippen LogP contribution in [0.15, 0.2) is 24.7 Å². The summed E-state index contributed by atoms with van der Waals surface area (Å²) in [7, 11) is 0. The molecule has 2 fully saturated rings. The molecule has 0 aliphatic carbocycles. The van der Waals surface area contributed by atoms with E-state index >= 15 is 0 Å². The second-order valence-corrected chi connectivity index (χ2v) is 5.99. The van der Waals surface area contributed by atoms with Gasteiger partial charge in [-0.15, -0.1) is 0 Å². The maximum Gasteiger partial charge on any atom is 0.271 e. The van der Waals surface area contributed by atoms with Gasteiger partial charge >= 0.3 is 0 Å². The van der Waals surface area contributed by atoms with Crippen molar-refractivity contribution in [3.8, 4) is 0 Å². The van der Waals surface area contributed by atoms with Crippen LogP contribution in [-0.2, 0) is 4.79 Å². The van der Waals surface area contributed by atoms with Crippen LogP contribution in [0.1, 0.15) is 35.8 Å². The van der Waals surface area contributed by atoms with E-state index in [0.29, 0.717) is 25.2 Å². The molecule has 0 saturated carbocycles. The second-order valence-electron chi connectivity index (χ2n) is 5.99. The Morgan fingerprint density at radius 1 is 1.35 bits per heavy atom. The summed E-state index contributed by atoms with van der Waals surface area (Å²) in [5, 5.41) is 10.9. The topological polar surface area (TPSA) is 87.1 Å². The average Bonchev–Trinajstić information content (AvgIpc) is 3.32. The molecule has 23 heavy (non-hydrogen) atoms. The van der Waals surface area contributed by atoms with E-state index in [1.807, 2.05) is 10.9 Å². The third-order valence-corrected chi connectivity index (χ3v) is 4.53. The number of aromatic amines is 1. The molecule has 120 valence electrons. The molecule has 8 nitrogen and oxygen atoms in total. The minimum absolute atomic E-state index is 0.0351. The van der Waals surface area contributed by atoms with Crippen LogP contribution >= 0.6 is 0 Å². The number of carbonyl (C=O) groups is 2. The molecule has 0 bridgehead atoms. The van der Waals surface area contributed by atoms with Crippen LogP contribution in [0.25, 0.3) is 0 Å². The molecular weight excluding hydrogens is 296 g/mol. The standard InChI is InChI=1S/C15H18N6O2/c22-14-2-1-6-20(14)12-8-17-21(10-12)11-4-7-19(9-11)15(23)13-3-5-16-18-13/h3,5,8,10-11H,1-2,4,6-7,9H2,(H,16,18). The Morgan fingerprint density at radius 2 is 2.26 bits per heavy atom. The van der Waals surface area contributed by atoms with Gasteiger partial charge in [0.25, 0.3) is 5.91 Å². The minimum Gasteiger partial charge on any atom is -0.335 e. The van der Waals surface area contributed by atoms with Crippen LogP contribution in [0.2, 0.25) is 0 Å². The summed E-state index contributed by atoms with van der Waals surface area (Å²) in [4.78, 5) is 27.7. The summed E-state index contributed by atoms with van der Waals surface area (Å²) in [6, 6.07) is 1.83. The van der Waals surface area contributed by atoms with E-state index in [9.17, 15) is 9.59 Å². The first-order valence-electron chi connectivity index (χ1n) is 7.85. The molecule has 1 N–H and O–H groups in total. The molecular formula is C15H18N6O2. The zero-order valence-corrected chi connectivity index (χ0v) is 12.7. The summed E-state index contributed by atoms with van der Waals surface area (Å²) in [5.74, 6) is 0.124. The first kappa shape index (κ1) is 14.0. The monoisotopic (exact) mass is 314 g/mol. The van der Waals surface area contributed by atoms with Gasteiger partial charge in [0.2, 0.25) is 5.91 Å². The Bertz CT molecular complexity index is 722. The highest BCUT2D eigenvalue weighted by Crippen LogP contribution is 2.26. The van der Waals surface area contributed by atoms with Crippen molar-refractivity contribution < 1.29 is 9.59 Å². The molecule has 2 aliphatic heterocycles. The number of H-pyrrole nitrogens is 1. The van der Waals surface area contributed by atoms with Crippen molar-refractivity contribution in [3.63, 3.8) is 0 Å². The van der Waals surface area contributed by atoms with Gasteiger partial charge in [0.1, 0.15) is 5.69 Å². The number of anilines is 1. The smallest absolute Gasteiger partial charge is 0.271 e. The first-order chi connectivity index (χ1) is 11.2. The third-order valence-electron chi connectivity index (χ3n) is 4.53. The quantitative estimate of drug-likeness (QED) is 0.908. The van der Waals surface area contributed by atoms with Crippen LogP contribution in [0.5, 0.6) is 0 Å². The van der Waals surface area contributed by atoms with E-state index in [1.54, 1.807) is 28.3 Å². The molecule has 4 rings (SSSR count). The van der Waals surface area contributed by atoms with Crippen LogP contribution < -0.4 is 4.90 Å². The lowest BCUT2D eigenvalue weighted by atomic mass is 10.3. The lowest BCUT2D eigenvalue weighted by Gasteiger charge is -2.16. The molecule has 4 heterocycles. The third kappa shape index (κ3) is 2.49. The lowest BCUT2D eigenvalue weighted by Crippen LogP contribution is -2.29. The summed E-state index contributed by atoms with van der Waals surface area (Å²) in [6.07, 6.45) is 7.60. The number of amides is 2. The van der Waals surface area contributed by atoms with Gasteiger partial charge in [-0.1, -0.05) is 0 Å². The fourth-order valence-corrected chi connectivity index (χ4v) is 3.28. The van der Waals surface area contributed by atoms with Gasteiger partial charge in [0, 0.05) is 38.4 Å². The predicted octanol–water partition coefficient (Wildman–Crippen LogP) is 0.820. The molecule has 1 unspecified atom stereocenters. The van der Waals surface area contributed by atoms with Gasteiger partial charge in [-0.05, 0) is 18.9 Å². The van der Waals surface area contributed by atoms with Crippen molar-refractivity contribution in [3.05, 3.63) is 30.4 Å². The van der Waals surface area contributed by atoms with Crippen molar-refractivity contribution in [2.45, 2.75) is 25.3 Å². The van der Waals surface area contributed by atoms with Crippen LogP contribution in [0, 0.1) is 0 Å². The van der Waals surface area contributed by atoms with Crippen molar-refractivity contribution in [1.82, 2.24) is 24.9 Å². The first-order valence-corrected chi connectivity index (χ1v) is 7.85. The fourth-order valence-electron chi connectivity index (χ4n) is 3.28. The number of nitrogens with zero attached hydrogens (tertiary/aromatic N) is 5. The van der Waals surface area contributed by atoms with Crippen molar-refractivity contribution >= 4 is 17.5 Å². The largest absolute Gasteiger partial charge is 0.335 e. The molecule has 0 radical (unpaired) electrons. The van der Waals surface area contributed by atoms with Crippen molar-refractivity contribution in [1.29, 1.82) is 0 Å². The van der Waals surface area contributed by atoms with Gasteiger partial charge in [0.05, 0.1) is 17.9 Å². The maximum atomic E-state index is 12.3. The number of carbonyl (C=O) groups excluding carboxylic acids is 2. The summed E-state index contributed by atoms with van der Waals surface area (Å²) in [6.45, 7) is 2.08. The van der Waals surface area contributed by atoms with Gasteiger partial charge in [-0.25, -0.2) is 0 Å². The molecule has 1 atom stereocenters. The fraction of sp³-hybridized carbons (Fsp3) is 0.467. The van der Waals surface area contributed by atoms with E-state index in [-0.39, 0.29) is 17.9 Å². The van der Waals surface area contributed by atoms with Crippen molar-refractivity contribution in [2.75, 3.05) is 24.5 Å². The van der Waals surface area contributed by atoms with Gasteiger partial charge in [-0.3, -0.25) is 19.4 Å². The molecule has 2 aromatic rings. The maximum absolute atomic E-state index is 12.3. The Hall–Kier alpha value is -2.64. The molecule has 2 saturated heterocycles.